The van der Waals surface area contributed by atoms with Gasteiger partial charge in [0.1, 0.15) is 11.9 Å². The third-order valence-corrected chi connectivity index (χ3v) is 3.97. The van der Waals surface area contributed by atoms with Crippen LogP contribution >= 0.6 is 11.6 Å². The van der Waals surface area contributed by atoms with E-state index in [1.807, 2.05) is 19.9 Å². The fourth-order valence-corrected chi connectivity index (χ4v) is 2.53. The van der Waals surface area contributed by atoms with E-state index >= 15 is 0 Å². The van der Waals surface area contributed by atoms with E-state index < -0.39 is 17.9 Å². The third-order valence-electron chi connectivity index (χ3n) is 3.65. The van der Waals surface area contributed by atoms with Crippen molar-refractivity contribution in [3.05, 3.63) is 40.9 Å². The number of carbonyl (C=O) groups excluding carboxylic acids is 1. The number of carboxylic acids is 1. The lowest BCUT2D eigenvalue weighted by Gasteiger charge is -2.16. The molecule has 2 aromatic rings. The number of rotatable bonds is 6. The van der Waals surface area contributed by atoms with Gasteiger partial charge in [-0.3, -0.25) is 4.79 Å². The van der Waals surface area contributed by atoms with Gasteiger partial charge in [0.05, 0.1) is 10.7 Å². The van der Waals surface area contributed by atoms with E-state index in [4.69, 9.17) is 11.6 Å². The van der Waals surface area contributed by atoms with Gasteiger partial charge in [-0.25, -0.2) is 14.5 Å². The van der Waals surface area contributed by atoms with Gasteiger partial charge >= 0.3 is 5.97 Å². The SMILES string of the molecule is CC(C)c1nc(C(=O)N[C@H](C(=O)O)C(C)C)nn1-c1ccccc1Cl. The molecule has 2 rings (SSSR count). The molecule has 8 heteroatoms. The minimum Gasteiger partial charge on any atom is -0.480 e. The van der Waals surface area contributed by atoms with Crippen LogP contribution in [0.1, 0.15) is 50.1 Å². The largest absolute Gasteiger partial charge is 0.480 e. The number of nitrogens with zero attached hydrogens (tertiary/aromatic N) is 3. The minimum atomic E-state index is -1.10. The fraction of sp³-hybridized carbons (Fsp3) is 0.412. The topological polar surface area (TPSA) is 97.1 Å². The van der Waals surface area contributed by atoms with Gasteiger partial charge in [-0.15, -0.1) is 5.10 Å². The Morgan fingerprint density at radius 3 is 2.36 bits per heavy atom. The Hall–Kier alpha value is -2.41. The summed E-state index contributed by atoms with van der Waals surface area (Å²) in [4.78, 5) is 28.0. The van der Waals surface area contributed by atoms with E-state index in [-0.39, 0.29) is 17.7 Å². The van der Waals surface area contributed by atoms with Gasteiger partial charge in [-0.2, -0.15) is 0 Å². The monoisotopic (exact) mass is 364 g/mol. The summed E-state index contributed by atoms with van der Waals surface area (Å²) in [5, 5.41) is 16.4. The van der Waals surface area contributed by atoms with Crippen molar-refractivity contribution in [3.63, 3.8) is 0 Å². The van der Waals surface area contributed by atoms with Crippen molar-refractivity contribution < 1.29 is 14.7 Å². The maximum absolute atomic E-state index is 12.4. The molecule has 0 fully saturated rings. The molecule has 1 aromatic heterocycles. The summed E-state index contributed by atoms with van der Waals surface area (Å²) in [6.45, 7) is 7.28. The van der Waals surface area contributed by atoms with Gasteiger partial charge < -0.3 is 10.4 Å². The lowest BCUT2D eigenvalue weighted by atomic mass is 10.0. The summed E-state index contributed by atoms with van der Waals surface area (Å²) >= 11 is 6.22. The Balaban J connectivity index is 2.41. The molecule has 134 valence electrons. The Morgan fingerprint density at radius 1 is 1.20 bits per heavy atom. The summed E-state index contributed by atoms with van der Waals surface area (Å²) in [6.07, 6.45) is 0. The molecule has 25 heavy (non-hydrogen) atoms. The highest BCUT2D eigenvalue weighted by Gasteiger charge is 2.27. The number of carboxylic acid groups (broad SMARTS) is 1. The summed E-state index contributed by atoms with van der Waals surface area (Å²) in [6, 6.07) is 6.10. The normalized spacial score (nSPS) is 12.4. The van der Waals surface area contributed by atoms with Crippen LogP contribution in [0.5, 0.6) is 0 Å². The standard InChI is InChI=1S/C17H21ClN4O3/c1-9(2)13(17(24)25)19-16(23)14-20-15(10(3)4)22(21-14)12-8-6-5-7-11(12)18/h5-10,13H,1-4H3,(H,19,23)(H,24,25)/t13-/m0/s1. The predicted octanol–water partition coefficient (Wildman–Crippen LogP) is 2.88. The van der Waals surface area contributed by atoms with Gasteiger partial charge in [-0.1, -0.05) is 51.4 Å². The molecular weight excluding hydrogens is 344 g/mol. The second kappa shape index (κ2) is 7.65. The first-order valence-corrected chi connectivity index (χ1v) is 8.35. The molecule has 0 bridgehead atoms. The molecule has 0 saturated heterocycles. The molecule has 1 amide bonds. The van der Waals surface area contributed by atoms with Crippen LogP contribution < -0.4 is 5.32 Å². The first-order valence-electron chi connectivity index (χ1n) is 7.97. The highest BCUT2D eigenvalue weighted by molar-refractivity contribution is 6.32. The maximum Gasteiger partial charge on any atom is 0.326 e. The zero-order chi connectivity index (χ0) is 18.7. The molecule has 0 saturated carbocycles. The molecule has 7 nitrogen and oxygen atoms in total. The fourth-order valence-electron chi connectivity index (χ4n) is 2.31. The zero-order valence-corrected chi connectivity index (χ0v) is 15.3. The maximum atomic E-state index is 12.4. The van der Waals surface area contributed by atoms with Gasteiger partial charge in [0.2, 0.25) is 5.82 Å². The predicted molar refractivity (Wildman–Crippen MR) is 94.2 cm³/mol. The van der Waals surface area contributed by atoms with Gasteiger partial charge in [0.25, 0.3) is 5.91 Å². The number of hydrogen-bond acceptors (Lipinski definition) is 4. The molecule has 1 aromatic carbocycles. The Morgan fingerprint density at radius 2 is 1.84 bits per heavy atom. The van der Waals surface area contributed by atoms with E-state index in [1.54, 1.807) is 32.0 Å². The van der Waals surface area contributed by atoms with Gasteiger partial charge in [0.15, 0.2) is 0 Å². The Labute approximate surface area is 151 Å². The van der Waals surface area contributed by atoms with Crippen molar-refractivity contribution in [1.82, 2.24) is 20.1 Å². The van der Waals surface area contributed by atoms with Crippen LogP contribution in [-0.4, -0.2) is 37.8 Å². The lowest BCUT2D eigenvalue weighted by Crippen LogP contribution is -2.44. The average molecular weight is 365 g/mol. The van der Waals surface area contributed by atoms with Crippen LogP contribution in [0.25, 0.3) is 5.69 Å². The molecule has 0 unspecified atom stereocenters. The summed E-state index contributed by atoms with van der Waals surface area (Å²) in [5.41, 5.74) is 0.609. The Kier molecular flexibility index (Phi) is 5.79. The van der Waals surface area contributed by atoms with E-state index in [0.29, 0.717) is 16.5 Å². The van der Waals surface area contributed by atoms with E-state index in [9.17, 15) is 14.7 Å². The van der Waals surface area contributed by atoms with Crippen LogP contribution in [0.4, 0.5) is 0 Å². The molecule has 0 radical (unpaired) electrons. The number of aliphatic carboxylic acids is 1. The summed E-state index contributed by atoms with van der Waals surface area (Å²) < 4.78 is 1.52. The summed E-state index contributed by atoms with van der Waals surface area (Å²) in [5.74, 6) is -1.53. The van der Waals surface area contributed by atoms with E-state index in [0.717, 1.165) is 0 Å². The van der Waals surface area contributed by atoms with Gasteiger partial charge in [0, 0.05) is 5.92 Å². The van der Waals surface area contributed by atoms with Crippen molar-refractivity contribution in [3.8, 4) is 5.69 Å². The van der Waals surface area contributed by atoms with Crippen molar-refractivity contribution in [2.75, 3.05) is 0 Å². The van der Waals surface area contributed by atoms with Crippen molar-refractivity contribution >= 4 is 23.5 Å². The second-order valence-corrected chi connectivity index (χ2v) is 6.75. The van der Waals surface area contributed by atoms with Crippen LogP contribution in [-0.2, 0) is 4.79 Å². The van der Waals surface area contributed by atoms with Crippen LogP contribution in [0.2, 0.25) is 5.02 Å². The zero-order valence-electron chi connectivity index (χ0n) is 14.5. The third kappa shape index (κ3) is 4.17. The van der Waals surface area contributed by atoms with Crippen LogP contribution in [0, 0.1) is 5.92 Å². The quantitative estimate of drug-likeness (QED) is 0.821. The number of benzene rings is 1. The van der Waals surface area contributed by atoms with Gasteiger partial charge in [-0.05, 0) is 18.1 Å². The number of carbonyl (C=O) groups is 2. The van der Waals surface area contributed by atoms with E-state index in [2.05, 4.69) is 15.4 Å². The number of aromatic nitrogens is 3. The molecule has 2 N–H and O–H groups in total. The minimum absolute atomic E-state index is 0.00862. The number of nitrogens with one attached hydrogen (secondary N) is 1. The molecule has 1 heterocycles. The Bertz CT molecular complexity index is 786. The molecule has 0 spiro atoms. The van der Waals surface area contributed by atoms with E-state index in [1.165, 1.54) is 4.68 Å². The highest BCUT2D eigenvalue weighted by atomic mass is 35.5. The molecule has 0 aliphatic rings. The molecular formula is C17H21ClN4O3. The molecule has 0 aliphatic carbocycles. The first kappa shape index (κ1) is 18.9. The average Bonchev–Trinajstić information content (AvgIpc) is 2.97. The molecule has 1 atom stereocenters. The highest BCUT2D eigenvalue weighted by Crippen LogP contribution is 2.23. The van der Waals surface area contributed by atoms with Crippen molar-refractivity contribution in [1.29, 1.82) is 0 Å². The summed E-state index contributed by atoms with van der Waals surface area (Å²) in [7, 11) is 0. The smallest absolute Gasteiger partial charge is 0.326 e. The number of amides is 1. The van der Waals surface area contributed by atoms with Crippen molar-refractivity contribution in [2.45, 2.75) is 39.7 Å². The number of hydrogen-bond donors (Lipinski definition) is 2. The van der Waals surface area contributed by atoms with Crippen molar-refractivity contribution in [2.24, 2.45) is 5.92 Å². The number of halogens is 1. The second-order valence-electron chi connectivity index (χ2n) is 6.34. The number of para-hydroxylation sites is 1. The lowest BCUT2D eigenvalue weighted by molar-refractivity contribution is -0.140. The van der Waals surface area contributed by atoms with Crippen LogP contribution in [0.3, 0.4) is 0 Å². The van der Waals surface area contributed by atoms with Crippen LogP contribution in [0.15, 0.2) is 24.3 Å². The molecule has 0 aliphatic heterocycles. The first-order chi connectivity index (χ1) is 11.7.